The summed E-state index contributed by atoms with van der Waals surface area (Å²) in [4.78, 5) is 28.2. The first kappa shape index (κ1) is 18.0. The van der Waals surface area contributed by atoms with Gasteiger partial charge in [0.25, 0.3) is 5.91 Å². The van der Waals surface area contributed by atoms with Crippen LogP contribution in [0.2, 0.25) is 0 Å². The number of aryl methyl sites for hydroxylation is 2. The summed E-state index contributed by atoms with van der Waals surface area (Å²) in [6, 6.07) is 0.134. The maximum absolute atomic E-state index is 13.4. The van der Waals surface area contributed by atoms with E-state index in [1.807, 2.05) is 25.8 Å². The molecular weight excluding hydrogens is 344 g/mol. The minimum absolute atomic E-state index is 0.0390. The summed E-state index contributed by atoms with van der Waals surface area (Å²) in [5.41, 5.74) is 2.30. The first-order chi connectivity index (χ1) is 12.8. The van der Waals surface area contributed by atoms with E-state index in [1.165, 1.54) is 0 Å². The molecule has 0 radical (unpaired) electrons. The Morgan fingerprint density at radius 2 is 1.89 bits per heavy atom. The van der Waals surface area contributed by atoms with Gasteiger partial charge in [0.1, 0.15) is 5.82 Å². The molecule has 2 aliphatic rings. The first-order valence-electron chi connectivity index (χ1n) is 9.77. The smallest absolute Gasteiger partial charge is 0.330 e. The molecule has 8 nitrogen and oxygen atoms in total. The summed E-state index contributed by atoms with van der Waals surface area (Å²) in [5.74, 6) is 1.22. The Hall–Kier alpha value is -2.38. The Labute approximate surface area is 158 Å². The van der Waals surface area contributed by atoms with Crippen LogP contribution in [-0.4, -0.2) is 47.0 Å². The molecule has 2 aliphatic heterocycles. The zero-order chi connectivity index (χ0) is 19.5. The Bertz CT molecular complexity index is 950. The van der Waals surface area contributed by atoms with E-state index < -0.39 is 0 Å². The molecule has 0 spiro atoms. The van der Waals surface area contributed by atoms with Crippen LogP contribution in [0.3, 0.4) is 0 Å². The molecule has 0 unspecified atom stereocenters. The van der Waals surface area contributed by atoms with Gasteiger partial charge in [0.15, 0.2) is 0 Å². The normalized spacial score (nSPS) is 21.6. The number of aromatic nitrogens is 5. The molecule has 2 aromatic heterocycles. The van der Waals surface area contributed by atoms with Crippen molar-refractivity contribution in [1.29, 1.82) is 0 Å². The molecule has 2 atom stereocenters. The SMILES string of the molecule is Cc1nn(C)c(C)c1C(=O)N1[C@@H]2CC[C@H]1Cc1nn(CC(C)C)c(=O)n1C2. The molecule has 2 aromatic rings. The molecule has 146 valence electrons. The Morgan fingerprint density at radius 3 is 2.52 bits per heavy atom. The average Bonchev–Trinajstić information content (AvgIpc) is 3.13. The van der Waals surface area contributed by atoms with Gasteiger partial charge >= 0.3 is 5.69 Å². The van der Waals surface area contributed by atoms with Gasteiger partial charge in [-0.05, 0) is 32.6 Å². The Morgan fingerprint density at radius 1 is 1.19 bits per heavy atom. The van der Waals surface area contributed by atoms with Crippen LogP contribution in [0.1, 0.15) is 54.3 Å². The zero-order valence-corrected chi connectivity index (χ0v) is 16.8. The summed E-state index contributed by atoms with van der Waals surface area (Å²) in [6.07, 6.45) is 2.52. The van der Waals surface area contributed by atoms with Crippen molar-refractivity contribution in [3.05, 3.63) is 33.3 Å². The van der Waals surface area contributed by atoms with Crippen molar-refractivity contribution in [2.24, 2.45) is 13.0 Å². The van der Waals surface area contributed by atoms with Crippen LogP contribution < -0.4 is 5.69 Å². The number of hydrogen-bond acceptors (Lipinski definition) is 4. The fourth-order valence-electron chi connectivity index (χ4n) is 4.59. The topological polar surface area (TPSA) is 78.0 Å². The summed E-state index contributed by atoms with van der Waals surface area (Å²) in [6.45, 7) is 9.15. The van der Waals surface area contributed by atoms with E-state index >= 15 is 0 Å². The highest BCUT2D eigenvalue weighted by molar-refractivity contribution is 5.97. The van der Waals surface area contributed by atoms with E-state index in [0.29, 0.717) is 31.0 Å². The van der Waals surface area contributed by atoms with Crippen molar-refractivity contribution < 1.29 is 4.79 Å². The van der Waals surface area contributed by atoms with E-state index in [4.69, 9.17) is 0 Å². The van der Waals surface area contributed by atoms with E-state index in [1.54, 1.807) is 13.9 Å². The highest BCUT2D eigenvalue weighted by atomic mass is 16.2. The van der Waals surface area contributed by atoms with Gasteiger partial charge in [-0.3, -0.25) is 14.0 Å². The van der Waals surface area contributed by atoms with Crippen LogP contribution in [0.4, 0.5) is 0 Å². The van der Waals surface area contributed by atoms with Crippen LogP contribution in [0, 0.1) is 19.8 Å². The number of rotatable bonds is 3. The lowest BCUT2D eigenvalue weighted by Gasteiger charge is -2.28. The van der Waals surface area contributed by atoms with Crippen LogP contribution in [0.25, 0.3) is 0 Å². The highest BCUT2D eigenvalue weighted by Gasteiger charge is 2.42. The highest BCUT2D eigenvalue weighted by Crippen LogP contribution is 2.32. The minimum atomic E-state index is -0.0487. The Balaban J connectivity index is 1.67. The van der Waals surface area contributed by atoms with E-state index in [-0.39, 0.29) is 23.7 Å². The molecule has 0 aliphatic carbocycles. The lowest BCUT2D eigenvalue weighted by molar-refractivity contribution is 0.0663. The lowest BCUT2D eigenvalue weighted by Crippen LogP contribution is -2.43. The molecule has 1 fully saturated rings. The zero-order valence-electron chi connectivity index (χ0n) is 16.8. The van der Waals surface area contributed by atoms with Crippen molar-refractivity contribution in [3.8, 4) is 0 Å². The van der Waals surface area contributed by atoms with Crippen molar-refractivity contribution in [1.82, 2.24) is 29.0 Å². The summed E-state index contributed by atoms with van der Waals surface area (Å²) in [7, 11) is 1.86. The molecule has 4 rings (SSSR count). The third-order valence-corrected chi connectivity index (χ3v) is 5.93. The van der Waals surface area contributed by atoms with Gasteiger partial charge in [0.05, 0.1) is 17.3 Å². The van der Waals surface area contributed by atoms with Gasteiger partial charge in [0.2, 0.25) is 0 Å². The summed E-state index contributed by atoms with van der Waals surface area (Å²) < 4.78 is 5.14. The molecule has 8 heteroatoms. The van der Waals surface area contributed by atoms with E-state index in [2.05, 4.69) is 24.0 Å². The standard InChI is InChI=1S/C19H28N6O2/c1-11(2)9-24-19(27)23-10-15-7-6-14(8-16(23)21-24)25(15)18(26)17-12(3)20-22(5)13(17)4/h11,14-15H,6-10H2,1-5H3/t14-,15+/m0/s1. The monoisotopic (exact) mass is 372 g/mol. The predicted molar refractivity (Wildman–Crippen MR) is 101 cm³/mol. The van der Waals surface area contributed by atoms with Gasteiger partial charge < -0.3 is 4.90 Å². The van der Waals surface area contributed by atoms with Crippen LogP contribution >= 0.6 is 0 Å². The number of carbonyl (C=O) groups is 1. The number of carbonyl (C=O) groups excluding carboxylic acids is 1. The molecule has 1 amide bonds. The first-order valence-corrected chi connectivity index (χ1v) is 9.77. The molecule has 2 bridgehead atoms. The second-order valence-corrected chi connectivity index (χ2v) is 8.36. The maximum Gasteiger partial charge on any atom is 0.345 e. The van der Waals surface area contributed by atoms with Gasteiger partial charge in [0, 0.05) is 38.3 Å². The van der Waals surface area contributed by atoms with Crippen molar-refractivity contribution in [2.75, 3.05) is 0 Å². The third-order valence-electron chi connectivity index (χ3n) is 5.93. The van der Waals surface area contributed by atoms with Crippen molar-refractivity contribution >= 4 is 5.91 Å². The second-order valence-electron chi connectivity index (χ2n) is 8.36. The fraction of sp³-hybridized carbons (Fsp3) is 0.684. The van der Waals surface area contributed by atoms with Crippen molar-refractivity contribution in [2.45, 2.75) is 72.1 Å². The van der Waals surface area contributed by atoms with Gasteiger partial charge in [-0.25, -0.2) is 9.48 Å². The molecule has 0 N–H and O–H groups in total. The predicted octanol–water partition coefficient (Wildman–Crippen LogP) is 1.28. The van der Waals surface area contributed by atoms with E-state index in [0.717, 1.165) is 30.1 Å². The number of nitrogens with zero attached hydrogens (tertiary/aromatic N) is 6. The number of hydrogen-bond donors (Lipinski definition) is 0. The van der Waals surface area contributed by atoms with Gasteiger partial charge in [-0.2, -0.15) is 10.2 Å². The van der Waals surface area contributed by atoms with Gasteiger partial charge in [-0.1, -0.05) is 13.8 Å². The second kappa shape index (κ2) is 6.35. The molecule has 4 heterocycles. The van der Waals surface area contributed by atoms with Crippen molar-refractivity contribution in [3.63, 3.8) is 0 Å². The molecule has 1 saturated heterocycles. The lowest BCUT2D eigenvalue weighted by atomic mass is 10.1. The third kappa shape index (κ3) is 2.82. The number of fused-ring (bicyclic) bond motifs is 3. The van der Waals surface area contributed by atoms with Crippen LogP contribution in [0.15, 0.2) is 4.79 Å². The molecule has 0 aromatic carbocycles. The molecule has 0 saturated carbocycles. The molecular formula is C19H28N6O2. The largest absolute Gasteiger partial charge is 0.345 e. The number of amides is 1. The average molecular weight is 372 g/mol. The van der Waals surface area contributed by atoms with Gasteiger partial charge in [-0.15, -0.1) is 0 Å². The Kier molecular flexibility index (Phi) is 4.24. The van der Waals surface area contributed by atoms with Crippen LogP contribution in [0.5, 0.6) is 0 Å². The minimum Gasteiger partial charge on any atom is -0.330 e. The van der Waals surface area contributed by atoms with E-state index in [9.17, 15) is 9.59 Å². The maximum atomic E-state index is 13.4. The summed E-state index contributed by atoms with van der Waals surface area (Å²) in [5, 5.41) is 8.99. The quantitative estimate of drug-likeness (QED) is 0.813. The fourth-order valence-corrected chi connectivity index (χ4v) is 4.59. The summed E-state index contributed by atoms with van der Waals surface area (Å²) >= 11 is 0. The molecule has 27 heavy (non-hydrogen) atoms. The van der Waals surface area contributed by atoms with Crippen LogP contribution in [-0.2, 0) is 26.6 Å².